The van der Waals surface area contributed by atoms with Crippen LogP contribution in [0.2, 0.25) is 5.02 Å². The average molecular weight is 205 g/mol. The summed E-state index contributed by atoms with van der Waals surface area (Å²) >= 11 is 5.88. The predicted molar refractivity (Wildman–Crippen MR) is 57.2 cm³/mol. The lowest BCUT2D eigenvalue weighted by Gasteiger charge is -2.04. The van der Waals surface area contributed by atoms with Crippen LogP contribution in [0, 0.1) is 6.92 Å². The van der Waals surface area contributed by atoms with Gasteiger partial charge in [-0.05, 0) is 36.2 Å². The Kier molecular flexibility index (Phi) is 2.46. The molecule has 2 aromatic rings. The molecule has 0 radical (unpaired) electrons. The third-order valence-electron chi connectivity index (χ3n) is 2.08. The van der Waals surface area contributed by atoms with E-state index in [0.717, 1.165) is 21.7 Å². The normalized spacial score (nSPS) is 10.1. The van der Waals surface area contributed by atoms with Crippen LogP contribution in [0.1, 0.15) is 5.56 Å². The Labute approximate surface area is 87.6 Å². The van der Waals surface area contributed by atoms with E-state index in [0.29, 0.717) is 0 Å². The number of hydrogen-bond donors (Lipinski definition) is 0. The average Bonchev–Trinajstić information content (AvgIpc) is 2.19. The smallest absolute Gasteiger partial charge is 0.0574 e. The summed E-state index contributed by atoms with van der Waals surface area (Å²) in [5.41, 5.74) is 3.35. The molecule has 0 bridgehead atoms. The molecular weight excluding hydrogens is 196 g/mol. The first-order valence-electron chi connectivity index (χ1n) is 4.30. The van der Waals surface area contributed by atoms with Crippen molar-refractivity contribution < 1.29 is 0 Å². The SMILES string of the molecule is Cc1cc(Cl)ccc1-c1ccnnc1. The largest absolute Gasteiger partial charge is 0.159 e. The third kappa shape index (κ3) is 1.75. The van der Waals surface area contributed by atoms with Gasteiger partial charge in [0, 0.05) is 10.6 Å². The van der Waals surface area contributed by atoms with Crippen molar-refractivity contribution in [2.24, 2.45) is 0 Å². The maximum Gasteiger partial charge on any atom is 0.0574 e. The van der Waals surface area contributed by atoms with Gasteiger partial charge in [-0.2, -0.15) is 10.2 Å². The third-order valence-corrected chi connectivity index (χ3v) is 2.32. The van der Waals surface area contributed by atoms with E-state index in [9.17, 15) is 0 Å². The summed E-state index contributed by atoms with van der Waals surface area (Å²) in [5, 5.41) is 8.34. The first-order valence-corrected chi connectivity index (χ1v) is 4.68. The second-order valence-corrected chi connectivity index (χ2v) is 3.53. The summed E-state index contributed by atoms with van der Waals surface area (Å²) in [7, 11) is 0. The Balaban J connectivity index is 2.53. The maximum absolute atomic E-state index is 5.88. The van der Waals surface area contributed by atoms with Crippen LogP contribution in [0.3, 0.4) is 0 Å². The van der Waals surface area contributed by atoms with Crippen molar-refractivity contribution in [1.29, 1.82) is 0 Å². The minimum Gasteiger partial charge on any atom is -0.159 e. The van der Waals surface area contributed by atoms with Crippen LogP contribution < -0.4 is 0 Å². The number of rotatable bonds is 1. The molecule has 70 valence electrons. The van der Waals surface area contributed by atoms with Gasteiger partial charge < -0.3 is 0 Å². The monoisotopic (exact) mass is 204 g/mol. The molecule has 3 heteroatoms. The molecule has 1 heterocycles. The number of halogens is 1. The molecule has 0 unspecified atom stereocenters. The number of hydrogen-bond acceptors (Lipinski definition) is 2. The number of nitrogens with zero attached hydrogens (tertiary/aromatic N) is 2. The van der Waals surface area contributed by atoms with E-state index in [2.05, 4.69) is 10.2 Å². The second kappa shape index (κ2) is 3.76. The molecule has 0 aliphatic rings. The standard InChI is InChI=1S/C11H9ClN2/c1-8-6-10(12)2-3-11(8)9-4-5-13-14-7-9/h2-7H,1H3. The molecule has 0 N–H and O–H groups in total. The molecule has 0 amide bonds. The molecule has 2 rings (SSSR count). The van der Waals surface area contributed by atoms with Crippen molar-refractivity contribution in [3.8, 4) is 11.1 Å². The van der Waals surface area contributed by atoms with E-state index in [1.54, 1.807) is 12.4 Å². The highest BCUT2D eigenvalue weighted by atomic mass is 35.5. The quantitative estimate of drug-likeness (QED) is 0.714. The van der Waals surface area contributed by atoms with E-state index in [4.69, 9.17) is 11.6 Å². The van der Waals surface area contributed by atoms with Crippen LogP contribution in [0.25, 0.3) is 11.1 Å². The zero-order valence-corrected chi connectivity index (χ0v) is 8.49. The van der Waals surface area contributed by atoms with Crippen LogP contribution in [0.15, 0.2) is 36.7 Å². The summed E-state index contributed by atoms with van der Waals surface area (Å²) < 4.78 is 0. The van der Waals surface area contributed by atoms with E-state index in [-0.39, 0.29) is 0 Å². The number of benzene rings is 1. The van der Waals surface area contributed by atoms with Crippen LogP contribution in [-0.2, 0) is 0 Å². The minimum absolute atomic E-state index is 0.758. The summed E-state index contributed by atoms with van der Waals surface area (Å²) in [6.07, 6.45) is 3.43. The summed E-state index contributed by atoms with van der Waals surface area (Å²) in [6, 6.07) is 7.75. The van der Waals surface area contributed by atoms with Crippen LogP contribution in [0.5, 0.6) is 0 Å². The Hall–Kier alpha value is -1.41. The van der Waals surface area contributed by atoms with Crippen LogP contribution in [0.4, 0.5) is 0 Å². The minimum atomic E-state index is 0.758. The predicted octanol–water partition coefficient (Wildman–Crippen LogP) is 3.11. The Morgan fingerprint density at radius 2 is 2.00 bits per heavy atom. The zero-order valence-electron chi connectivity index (χ0n) is 7.74. The molecule has 0 spiro atoms. The van der Waals surface area contributed by atoms with Gasteiger partial charge in [-0.1, -0.05) is 17.7 Å². The molecule has 1 aromatic heterocycles. The first kappa shape index (κ1) is 9.16. The number of aryl methyl sites for hydroxylation is 1. The van der Waals surface area contributed by atoms with Crippen molar-refractivity contribution in [3.63, 3.8) is 0 Å². The summed E-state index contributed by atoms with van der Waals surface area (Å²) in [6.45, 7) is 2.03. The van der Waals surface area contributed by atoms with Gasteiger partial charge in [0.25, 0.3) is 0 Å². The van der Waals surface area contributed by atoms with E-state index < -0.39 is 0 Å². The Bertz CT molecular complexity index is 440. The molecular formula is C11H9ClN2. The van der Waals surface area contributed by atoms with Crippen molar-refractivity contribution in [3.05, 3.63) is 47.2 Å². The van der Waals surface area contributed by atoms with Gasteiger partial charge in [0.2, 0.25) is 0 Å². The number of aromatic nitrogens is 2. The van der Waals surface area contributed by atoms with Gasteiger partial charge in [0.15, 0.2) is 0 Å². The molecule has 0 aliphatic carbocycles. The zero-order chi connectivity index (χ0) is 9.97. The molecule has 14 heavy (non-hydrogen) atoms. The topological polar surface area (TPSA) is 25.8 Å². The lowest BCUT2D eigenvalue weighted by Crippen LogP contribution is -1.85. The maximum atomic E-state index is 5.88. The molecule has 1 aromatic carbocycles. The highest BCUT2D eigenvalue weighted by Crippen LogP contribution is 2.24. The van der Waals surface area contributed by atoms with Gasteiger partial charge >= 0.3 is 0 Å². The fourth-order valence-electron chi connectivity index (χ4n) is 1.40. The fourth-order valence-corrected chi connectivity index (χ4v) is 1.63. The second-order valence-electron chi connectivity index (χ2n) is 3.09. The summed E-state index contributed by atoms with van der Waals surface area (Å²) in [4.78, 5) is 0. The van der Waals surface area contributed by atoms with Gasteiger partial charge in [0.05, 0.1) is 12.4 Å². The van der Waals surface area contributed by atoms with E-state index in [1.807, 2.05) is 31.2 Å². The van der Waals surface area contributed by atoms with Crippen molar-refractivity contribution >= 4 is 11.6 Å². The lowest BCUT2D eigenvalue weighted by molar-refractivity contribution is 1.03. The highest BCUT2D eigenvalue weighted by molar-refractivity contribution is 6.30. The van der Waals surface area contributed by atoms with E-state index in [1.165, 1.54) is 0 Å². The van der Waals surface area contributed by atoms with Gasteiger partial charge in [-0.15, -0.1) is 0 Å². The lowest BCUT2D eigenvalue weighted by atomic mass is 10.0. The van der Waals surface area contributed by atoms with Gasteiger partial charge in [-0.3, -0.25) is 0 Å². The Morgan fingerprint density at radius 3 is 2.64 bits per heavy atom. The van der Waals surface area contributed by atoms with Crippen molar-refractivity contribution in [1.82, 2.24) is 10.2 Å². The highest BCUT2D eigenvalue weighted by Gasteiger charge is 2.01. The van der Waals surface area contributed by atoms with E-state index >= 15 is 0 Å². The summed E-state index contributed by atoms with van der Waals surface area (Å²) in [5.74, 6) is 0. The van der Waals surface area contributed by atoms with Crippen molar-refractivity contribution in [2.45, 2.75) is 6.92 Å². The Morgan fingerprint density at radius 1 is 1.14 bits per heavy atom. The van der Waals surface area contributed by atoms with Crippen LogP contribution in [-0.4, -0.2) is 10.2 Å². The molecule has 0 atom stereocenters. The molecule has 0 saturated carbocycles. The molecule has 0 fully saturated rings. The molecule has 0 aliphatic heterocycles. The fraction of sp³-hybridized carbons (Fsp3) is 0.0909. The molecule has 2 nitrogen and oxygen atoms in total. The molecule has 0 saturated heterocycles. The first-order chi connectivity index (χ1) is 6.77. The van der Waals surface area contributed by atoms with Crippen molar-refractivity contribution in [2.75, 3.05) is 0 Å². The van der Waals surface area contributed by atoms with Gasteiger partial charge in [0.1, 0.15) is 0 Å². The van der Waals surface area contributed by atoms with Crippen LogP contribution >= 0.6 is 11.6 Å². The van der Waals surface area contributed by atoms with Gasteiger partial charge in [-0.25, -0.2) is 0 Å².